The van der Waals surface area contributed by atoms with E-state index in [9.17, 15) is 13.6 Å². The average molecular weight is 305 g/mol. The van der Waals surface area contributed by atoms with Gasteiger partial charge < -0.3 is 15.7 Å². The van der Waals surface area contributed by atoms with E-state index in [1.165, 1.54) is 12.1 Å². The van der Waals surface area contributed by atoms with E-state index in [1.54, 1.807) is 6.07 Å². The van der Waals surface area contributed by atoms with E-state index in [0.29, 0.717) is 0 Å². The summed E-state index contributed by atoms with van der Waals surface area (Å²) in [6.45, 7) is -0.734. The molecule has 20 heavy (non-hydrogen) atoms. The van der Waals surface area contributed by atoms with E-state index < -0.39 is 30.0 Å². The third-order valence-corrected chi connectivity index (χ3v) is 3.61. The molecule has 0 radical (unpaired) electrons. The first-order valence-electron chi connectivity index (χ1n) is 6.19. The number of carbonyl (C=O) groups excluding carboxylic acids is 1. The van der Waals surface area contributed by atoms with Crippen LogP contribution in [0.5, 0.6) is 0 Å². The van der Waals surface area contributed by atoms with Crippen molar-refractivity contribution in [3.8, 4) is 0 Å². The first-order valence-corrected chi connectivity index (χ1v) is 6.57. The second-order valence-corrected chi connectivity index (χ2v) is 5.28. The number of aliphatic hydroxyl groups excluding tert-OH is 1. The van der Waals surface area contributed by atoms with Crippen LogP contribution in [-0.4, -0.2) is 35.9 Å². The molecule has 4 nitrogen and oxygen atoms in total. The number of alkyl halides is 1. The number of aliphatic hydroxyl groups is 1. The molecule has 1 heterocycles. The quantitative estimate of drug-likeness (QED) is 0.782. The van der Waals surface area contributed by atoms with Gasteiger partial charge in [0.05, 0.1) is 17.7 Å². The summed E-state index contributed by atoms with van der Waals surface area (Å²) in [5, 5.41) is 14.1. The highest BCUT2D eigenvalue weighted by Gasteiger charge is 2.41. The maximum atomic E-state index is 13.8. The first kappa shape index (κ1) is 15.2. The Morgan fingerprint density at radius 3 is 3.00 bits per heavy atom. The van der Waals surface area contributed by atoms with Gasteiger partial charge in [0.2, 0.25) is 5.91 Å². The van der Waals surface area contributed by atoms with Crippen molar-refractivity contribution in [1.29, 1.82) is 0 Å². The van der Waals surface area contributed by atoms with E-state index in [0.717, 1.165) is 0 Å². The van der Waals surface area contributed by atoms with E-state index >= 15 is 0 Å². The molecule has 3 N–H and O–H groups in total. The summed E-state index contributed by atoms with van der Waals surface area (Å²) < 4.78 is 27.4. The summed E-state index contributed by atoms with van der Waals surface area (Å²) in [4.78, 5) is 11.8. The number of amides is 1. The van der Waals surface area contributed by atoms with Crippen molar-refractivity contribution in [2.45, 2.75) is 24.7 Å². The lowest BCUT2D eigenvalue weighted by Gasteiger charge is -2.15. The summed E-state index contributed by atoms with van der Waals surface area (Å²) in [5.74, 6) is -1.01. The molecule has 1 aliphatic rings. The van der Waals surface area contributed by atoms with E-state index in [-0.39, 0.29) is 30.1 Å². The van der Waals surface area contributed by atoms with Crippen LogP contribution < -0.4 is 10.6 Å². The zero-order chi connectivity index (χ0) is 14.8. The van der Waals surface area contributed by atoms with Gasteiger partial charge in [-0.2, -0.15) is 0 Å². The third-order valence-electron chi connectivity index (χ3n) is 3.32. The summed E-state index contributed by atoms with van der Waals surface area (Å²) >= 11 is 5.64. The van der Waals surface area contributed by atoms with Gasteiger partial charge in [-0.05, 0) is 6.07 Å². The number of rotatable bonds is 4. The average Bonchev–Trinajstić information content (AvgIpc) is 2.84. The molecular weight excluding hydrogens is 290 g/mol. The Labute approximate surface area is 120 Å². The minimum Gasteiger partial charge on any atom is -0.393 e. The van der Waals surface area contributed by atoms with Crippen LogP contribution in [0.15, 0.2) is 18.2 Å². The minimum atomic E-state index is -1.77. The van der Waals surface area contributed by atoms with Gasteiger partial charge >= 0.3 is 0 Å². The first-order chi connectivity index (χ1) is 9.45. The van der Waals surface area contributed by atoms with Crippen LogP contribution in [0.4, 0.5) is 8.78 Å². The van der Waals surface area contributed by atoms with Crippen LogP contribution in [0.1, 0.15) is 12.0 Å². The van der Waals surface area contributed by atoms with Crippen LogP contribution in [0.3, 0.4) is 0 Å². The topological polar surface area (TPSA) is 61.4 Å². The molecule has 2 rings (SSSR count). The Morgan fingerprint density at radius 1 is 1.60 bits per heavy atom. The number of benzene rings is 1. The van der Waals surface area contributed by atoms with Gasteiger partial charge in [0.15, 0.2) is 0 Å². The van der Waals surface area contributed by atoms with Crippen molar-refractivity contribution in [2.24, 2.45) is 0 Å². The Kier molecular flexibility index (Phi) is 4.57. The lowest BCUT2D eigenvalue weighted by Crippen LogP contribution is -2.40. The molecule has 0 aliphatic carbocycles. The molecule has 0 unspecified atom stereocenters. The number of hydrogen-bond donors (Lipinski definition) is 3. The fourth-order valence-electron chi connectivity index (χ4n) is 2.11. The van der Waals surface area contributed by atoms with Gasteiger partial charge in [-0.25, -0.2) is 8.78 Å². The molecule has 1 aromatic rings. The summed E-state index contributed by atoms with van der Waals surface area (Å²) in [7, 11) is 0. The highest BCUT2D eigenvalue weighted by molar-refractivity contribution is 6.30. The molecule has 1 aromatic carbocycles. The molecular formula is C13H15ClF2N2O2. The summed E-state index contributed by atoms with van der Waals surface area (Å²) in [6, 6.07) is 3.78. The van der Waals surface area contributed by atoms with E-state index in [1.807, 2.05) is 0 Å². The van der Waals surface area contributed by atoms with Crippen LogP contribution >= 0.6 is 11.6 Å². The van der Waals surface area contributed by atoms with E-state index in [2.05, 4.69) is 10.6 Å². The van der Waals surface area contributed by atoms with Crippen LogP contribution in [0, 0.1) is 5.82 Å². The summed E-state index contributed by atoms with van der Waals surface area (Å²) in [5.41, 5.74) is -1.51. The standard InChI is InChI=1S/C13H15ClF2N2O2/c14-9-3-1-2-8(11(9)15)5-17-12(20)10-4-13(16,7-19)6-18-10/h1-3,10,18-19H,4-7H2,(H,17,20)/t10-,13-/m0/s1. The van der Waals surface area contributed by atoms with Gasteiger partial charge in [0, 0.05) is 25.1 Å². The Hall–Kier alpha value is -1.24. The van der Waals surface area contributed by atoms with Gasteiger partial charge in [0.25, 0.3) is 0 Å². The van der Waals surface area contributed by atoms with Crippen LogP contribution in [0.2, 0.25) is 5.02 Å². The molecule has 1 fully saturated rings. The molecule has 1 saturated heterocycles. The SMILES string of the molecule is O=C(NCc1cccc(Cl)c1F)[C@@H]1C[C@@](F)(CO)CN1. The fraction of sp³-hybridized carbons (Fsp3) is 0.462. The normalized spacial score (nSPS) is 25.7. The van der Waals surface area contributed by atoms with Crippen molar-refractivity contribution in [1.82, 2.24) is 10.6 Å². The lowest BCUT2D eigenvalue weighted by molar-refractivity contribution is -0.123. The molecule has 7 heteroatoms. The number of halogens is 3. The van der Waals surface area contributed by atoms with Crippen molar-refractivity contribution in [3.05, 3.63) is 34.6 Å². The molecule has 0 spiro atoms. The largest absolute Gasteiger partial charge is 0.393 e. The molecule has 1 amide bonds. The highest BCUT2D eigenvalue weighted by Crippen LogP contribution is 2.23. The Morgan fingerprint density at radius 2 is 2.35 bits per heavy atom. The predicted octanol–water partition coefficient (Wildman–Crippen LogP) is 1.16. The van der Waals surface area contributed by atoms with Crippen molar-refractivity contribution < 1.29 is 18.7 Å². The van der Waals surface area contributed by atoms with Gasteiger partial charge in [-0.1, -0.05) is 23.7 Å². The maximum Gasteiger partial charge on any atom is 0.237 e. The number of hydrogen-bond acceptors (Lipinski definition) is 3. The van der Waals surface area contributed by atoms with Crippen molar-refractivity contribution in [2.75, 3.05) is 13.2 Å². The zero-order valence-corrected chi connectivity index (χ0v) is 11.4. The third kappa shape index (κ3) is 3.26. The molecule has 110 valence electrons. The van der Waals surface area contributed by atoms with Crippen molar-refractivity contribution in [3.63, 3.8) is 0 Å². The zero-order valence-electron chi connectivity index (χ0n) is 10.6. The monoisotopic (exact) mass is 304 g/mol. The second-order valence-electron chi connectivity index (χ2n) is 4.88. The Bertz CT molecular complexity index is 515. The lowest BCUT2D eigenvalue weighted by atomic mass is 10.0. The molecule has 1 aliphatic heterocycles. The number of carbonyl (C=O) groups is 1. The molecule has 0 saturated carbocycles. The molecule has 0 aromatic heterocycles. The molecule has 0 bridgehead atoms. The van der Waals surface area contributed by atoms with Gasteiger partial charge in [-0.3, -0.25) is 4.79 Å². The van der Waals surface area contributed by atoms with Gasteiger partial charge in [-0.15, -0.1) is 0 Å². The van der Waals surface area contributed by atoms with Crippen molar-refractivity contribution >= 4 is 17.5 Å². The summed E-state index contributed by atoms with van der Waals surface area (Å²) in [6.07, 6.45) is -0.104. The second kappa shape index (κ2) is 6.03. The molecule has 2 atom stereocenters. The minimum absolute atomic E-state index is 0.0150. The van der Waals surface area contributed by atoms with Gasteiger partial charge in [0.1, 0.15) is 11.5 Å². The maximum absolute atomic E-state index is 13.8. The fourth-order valence-corrected chi connectivity index (χ4v) is 2.31. The van der Waals surface area contributed by atoms with E-state index in [4.69, 9.17) is 16.7 Å². The highest BCUT2D eigenvalue weighted by atomic mass is 35.5. The van der Waals surface area contributed by atoms with Crippen LogP contribution in [-0.2, 0) is 11.3 Å². The number of nitrogens with one attached hydrogen (secondary N) is 2. The predicted molar refractivity (Wildman–Crippen MR) is 70.6 cm³/mol. The Balaban J connectivity index is 1.92. The van der Waals surface area contributed by atoms with Crippen LogP contribution in [0.25, 0.3) is 0 Å². The smallest absolute Gasteiger partial charge is 0.237 e.